The number of sulfonamides is 1. The maximum atomic E-state index is 13.8. The molecular formula is C9H9F2N5O3S. The van der Waals surface area contributed by atoms with E-state index in [1.807, 2.05) is 4.72 Å². The highest BCUT2D eigenvalue weighted by Crippen LogP contribution is 2.24. The Hall–Kier alpha value is -1.98. The van der Waals surface area contributed by atoms with Crippen LogP contribution in [0.1, 0.15) is 0 Å². The Morgan fingerprint density at radius 3 is 2.45 bits per heavy atom. The largest absolute Gasteiger partial charge is 0.395 e. The van der Waals surface area contributed by atoms with Gasteiger partial charge in [-0.05, 0) is 17.3 Å². The van der Waals surface area contributed by atoms with Crippen molar-refractivity contribution in [2.45, 2.75) is 4.90 Å². The van der Waals surface area contributed by atoms with Gasteiger partial charge in [-0.2, -0.15) is 5.21 Å². The summed E-state index contributed by atoms with van der Waals surface area (Å²) in [5.74, 6) is -2.67. The van der Waals surface area contributed by atoms with Crippen molar-refractivity contribution >= 4 is 10.0 Å². The number of aromatic amines is 1. The molecule has 2 rings (SSSR count). The summed E-state index contributed by atoms with van der Waals surface area (Å²) in [5.41, 5.74) is -0.0603. The maximum absolute atomic E-state index is 13.8. The lowest BCUT2D eigenvalue weighted by atomic mass is 10.2. The Balaban J connectivity index is 2.47. The van der Waals surface area contributed by atoms with Crippen molar-refractivity contribution in [2.75, 3.05) is 13.2 Å². The molecule has 2 aromatic rings. The lowest BCUT2D eigenvalue weighted by molar-refractivity contribution is 0.300. The molecule has 1 aromatic carbocycles. The molecule has 108 valence electrons. The standard InChI is InChI=1S/C9H9F2N5O3S/c10-6-3-5(9-13-15-16-14-9)4-7(11)8(6)20(18,19)12-1-2-17/h3-4,12,17H,1-2H2,(H,13,14,15,16). The minimum Gasteiger partial charge on any atom is -0.395 e. The number of hydrogen-bond donors (Lipinski definition) is 3. The van der Waals surface area contributed by atoms with E-state index in [1.54, 1.807) is 0 Å². The third-order valence-electron chi connectivity index (χ3n) is 2.27. The molecule has 0 spiro atoms. The first-order chi connectivity index (χ1) is 9.45. The molecule has 20 heavy (non-hydrogen) atoms. The third-order valence-corrected chi connectivity index (χ3v) is 3.79. The molecule has 3 N–H and O–H groups in total. The predicted octanol–water partition coefficient (Wildman–Crippen LogP) is -0.585. The maximum Gasteiger partial charge on any atom is 0.246 e. The summed E-state index contributed by atoms with van der Waals surface area (Å²) >= 11 is 0. The summed E-state index contributed by atoms with van der Waals surface area (Å²) in [6.45, 7) is -0.850. The molecule has 8 nitrogen and oxygen atoms in total. The minimum atomic E-state index is -4.39. The highest BCUT2D eigenvalue weighted by Gasteiger charge is 2.25. The van der Waals surface area contributed by atoms with Crippen LogP contribution in [0, 0.1) is 11.6 Å². The van der Waals surface area contributed by atoms with E-state index in [4.69, 9.17) is 5.11 Å². The summed E-state index contributed by atoms with van der Waals surface area (Å²) in [4.78, 5) is -1.13. The third kappa shape index (κ3) is 2.79. The zero-order valence-electron chi connectivity index (χ0n) is 9.84. The van der Waals surface area contributed by atoms with Crippen LogP contribution in [0.4, 0.5) is 8.78 Å². The summed E-state index contributed by atoms with van der Waals surface area (Å²) in [7, 11) is -4.39. The van der Waals surface area contributed by atoms with Crippen molar-refractivity contribution < 1.29 is 22.3 Å². The van der Waals surface area contributed by atoms with Crippen LogP contribution in [0.2, 0.25) is 0 Å². The Kier molecular flexibility index (Phi) is 4.01. The lowest BCUT2D eigenvalue weighted by Crippen LogP contribution is -2.28. The first kappa shape index (κ1) is 14.4. The topological polar surface area (TPSA) is 121 Å². The number of hydrogen-bond acceptors (Lipinski definition) is 6. The predicted molar refractivity (Wildman–Crippen MR) is 61.8 cm³/mol. The minimum absolute atomic E-state index is 0.0603. The normalized spacial score (nSPS) is 11.8. The zero-order chi connectivity index (χ0) is 14.8. The Labute approximate surface area is 111 Å². The first-order valence-electron chi connectivity index (χ1n) is 5.29. The van der Waals surface area contributed by atoms with Gasteiger partial charge < -0.3 is 5.11 Å². The van der Waals surface area contributed by atoms with E-state index in [2.05, 4.69) is 20.6 Å². The molecule has 11 heteroatoms. The molecule has 1 heterocycles. The molecule has 1 aromatic heterocycles. The van der Waals surface area contributed by atoms with Crippen molar-refractivity contribution in [3.63, 3.8) is 0 Å². The summed E-state index contributed by atoms with van der Waals surface area (Å²) in [6.07, 6.45) is 0. The van der Waals surface area contributed by atoms with Gasteiger partial charge in [-0.1, -0.05) is 0 Å². The van der Waals surface area contributed by atoms with Crippen molar-refractivity contribution in [3.8, 4) is 11.4 Å². The van der Waals surface area contributed by atoms with Crippen molar-refractivity contribution in [1.29, 1.82) is 0 Å². The molecule has 0 aliphatic rings. The van der Waals surface area contributed by atoms with Gasteiger partial charge in [-0.3, -0.25) is 0 Å². The number of aliphatic hydroxyl groups excluding tert-OH is 1. The van der Waals surface area contributed by atoms with Gasteiger partial charge in [0.25, 0.3) is 0 Å². The van der Waals surface area contributed by atoms with Crippen LogP contribution in [0.3, 0.4) is 0 Å². The van der Waals surface area contributed by atoms with E-state index in [-0.39, 0.29) is 17.9 Å². The molecule has 0 saturated heterocycles. The fourth-order valence-corrected chi connectivity index (χ4v) is 2.62. The van der Waals surface area contributed by atoms with Gasteiger partial charge >= 0.3 is 0 Å². The fraction of sp³-hybridized carbons (Fsp3) is 0.222. The van der Waals surface area contributed by atoms with E-state index in [0.29, 0.717) is 0 Å². The van der Waals surface area contributed by atoms with Gasteiger partial charge in [0.2, 0.25) is 15.8 Å². The Morgan fingerprint density at radius 2 is 1.95 bits per heavy atom. The highest BCUT2D eigenvalue weighted by atomic mass is 32.2. The van der Waals surface area contributed by atoms with Gasteiger partial charge in [-0.15, -0.1) is 10.2 Å². The van der Waals surface area contributed by atoms with Gasteiger partial charge in [0.15, 0.2) is 4.90 Å². The Morgan fingerprint density at radius 1 is 1.30 bits per heavy atom. The lowest BCUT2D eigenvalue weighted by Gasteiger charge is -2.08. The second kappa shape index (κ2) is 5.56. The average molecular weight is 305 g/mol. The number of aliphatic hydroxyl groups is 1. The van der Waals surface area contributed by atoms with Crippen LogP contribution in [-0.2, 0) is 10.0 Å². The van der Waals surface area contributed by atoms with Crippen LogP contribution in [0.25, 0.3) is 11.4 Å². The van der Waals surface area contributed by atoms with Gasteiger partial charge in [0.05, 0.1) is 6.61 Å². The van der Waals surface area contributed by atoms with E-state index < -0.39 is 33.2 Å². The number of benzene rings is 1. The van der Waals surface area contributed by atoms with Crippen LogP contribution < -0.4 is 4.72 Å². The highest BCUT2D eigenvalue weighted by molar-refractivity contribution is 7.89. The fourth-order valence-electron chi connectivity index (χ4n) is 1.48. The molecule has 0 amide bonds. The van der Waals surface area contributed by atoms with Crippen molar-refractivity contribution in [2.24, 2.45) is 0 Å². The van der Waals surface area contributed by atoms with E-state index in [1.165, 1.54) is 0 Å². The monoisotopic (exact) mass is 305 g/mol. The van der Waals surface area contributed by atoms with Crippen LogP contribution >= 0.6 is 0 Å². The van der Waals surface area contributed by atoms with Crippen LogP contribution in [-0.4, -0.2) is 47.3 Å². The summed E-state index contributed by atoms with van der Waals surface area (Å²) in [6, 6.07) is 1.56. The molecule has 0 radical (unpaired) electrons. The Bertz CT molecular complexity index is 681. The molecule has 0 aliphatic heterocycles. The van der Waals surface area contributed by atoms with Crippen LogP contribution in [0.15, 0.2) is 17.0 Å². The zero-order valence-corrected chi connectivity index (χ0v) is 10.7. The van der Waals surface area contributed by atoms with E-state index in [9.17, 15) is 17.2 Å². The number of H-pyrrole nitrogens is 1. The van der Waals surface area contributed by atoms with E-state index >= 15 is 0 Å². The number of halogens is 2. The molecule has 0 unspecified atom stereocenters. The molecule has 0 aliphatic carbocycles. The molecule has 0 fully saturated rings. The van der Waals surface area contributed by atoms with Gasteiger partial charge in [0.1, 0.15) is 11.6 Å². The molecule has 0 bridgehead atoms. The van der Waals surface area contributed by atoms with E-state index in [0.717, 1.165) is 12.1 Å². The first-order valence-corrected chi connectivity index (χ1v) is 6.77. The number of aromatic nitrogens is 4. The number of nitrogens with one attached hydrogen (secondary N) is 2. The molecule has 0 saturated carbocycles. The van der Waals surface area contributed by atoms with Crippen molar-refractivity contribution in [3.05, 3.63) is 23.8 Å². The second-order valence-corrected chi connectivity index (χ2v) is 5.33. The molecular weight excluding hydrogens is 296 g/mol. The quantitative estimate of drug-likeness (QED) is 0.679. The van der Waals surface area contributed by atoms with Crippen LogP contribution in [0.5, 0.6) is 0 Å². The van der Waals surface area contributed by atoms with Gasteiger partial charge in [-0.25, -0.2) is 21.9 Å². The number of nitrogens with zero attached hydrogens (tertiary/aromatic N) is 3. The van der Waals surface area contributed by atoms with Crippen molar-refractivity contribution in [1.82, 2.24) is 25.3 Å². The summed E-state index contributed by atoms with van der Waals surface area (Å²) < 4.78 is 52.8. The number of tetrazole rings is 1. The SMILES string of the molecule is O=S(=O)(NCCO)c1c(F)cc(-c2nn[nH]n2)cc1F. The number of rotatable bonds is 5. The smallest absolute Gasteiger partial charge is 0.246 e. The van der Waals surface area contributed by atoms with Gasteiger partial charge in [0, 0.05) is 12.1 Å². The molecule has 0 atom stereocenters. The average Bonchev–Trinajstić information content (AvgIpc) is 2.89. The second-order valence-electron chi connectivity index (χ2n) is 3.63. The summed E-state index contributed by atoms with van der Waals surface area (Å²) in [5, 5.41) is 20.9.